The molecule has 2 heterocycles. The van der Waals surface area contributed by atoms with Gasteiger partial charge in [0.25, 0.3) is 0 Å². The quantitative estimate of drug-likeness (QED) is 0.586. The van der Waals surface area contributed by atoms with Gasteiger partial charge >= 0.3 is 0 Å². The molecule has 2 unspecified atom stereocenters. The number of hydrogen-bond acceptors (Lipinski definition) is 5. The number of amides is 1. The van der Waals surface area contributed by atoms with Crippen molar-refractivity contribution in [2.75, 3.05) is 19.3 Å². The molecule has 2 atom stereocenters. The first kappa shape index (κ1) is 24.6. The third kappa shape index (κ3) is 5.60. The maximum Gasteiger partial charge on any atom is 0.239 e. The minimum atomic E-state index is -2.38. The van der Waals surface area contributed by atoms with Gasteiger partial charge in [-0.3, -0.25) is 4.79 Å². The summed E-state index contributed by atoms with van der Waals surface area (Å²) in [5.74, 6) is 0.729. The van der Waals surface area contributed by atoms with Crippen LogP contribution in [0.25, 0.3) is 5.57 Å². The molecule has 3 N–H and O–H groups in total. The van der Waals surface area contributed by atoms with E-state index in [-0.39, 0.29) is 15.7 Å². The van der Waals surface area contributed by atoms with Gasteiger partial charge in [-0.1, -0.05) is 54.6 Å². The lowest BCUT2D eigenvalue weighted by atomic mass is 9.88. The van der Waals surface area contributed by atoms with E-state index in [0.717, 1.165) is 36.7 Å². The van der Waals surface area contributed by atoms with Crippen LogP contribution in [0.3, 0.4) is 0 Å². The number of rotatable bonds is 6. The van der Waals surface area contributed by atoms with E-state index < -0.39 is 8.32 Å². The molecular formula is C26H34N2O2S2Si. The van der Waals surface area contributed by atoms with Gasteiger partial charge in [-0.05, 0) is 65.6 Å². The smallest absolute Gasteiger partial charge is 0.239 e. The minimum Gasteiger partial charge on any atom is -0.428 e. The second-order valence-corrected chi connectivity index (χ2v) is 15.6. The van der Waals surface area contributed by atoms with Crippen molar-refractivity contribution in [2.45, 2.75) is 48.2 Å². The van der Waals surface area contributed by atoms with Crippen molar-refractivity contribution >= 4 is 48.5 Å². The Morgan fingerprint density at radius 3 is 2.58 bits per heavy atom. The number of hydrogen-bond donors (Lipinski definition) is 2. The molecule has 0 saturated carbocycles. The van der Waals surface area contributed by atoms with Crippen LogP contribution in [0.4, 0.5) is 0 Å². The fraction of sp³-hybridized carbons (Fsp3) is 0.423. The standard InChI is InChI=1S/C26H34N2O2S2Si/c1-31-26-23(21-8-5-9-22(15-21)33(2,3)30)16-24(32-26)25(29)28-12-10-19(11-13-28)20-7-4-6-18(14-20)17-27/h4-9,14-16,19,24,26,30H,10-13,17,27H2,1-3H3. The van der Waals surface area contributed by atoms with E-state index in [1.165, 1.54) is 16.7 Å². The Bertz CT molecular complexity index is 1030. The molecule has 4 nitrogen and oxygen atoms in total. The van der Waals surface area contributed by atoms with Gasteiger partial charge in [-0.25, -0.2) is 0 Å². The summed E-state index contributed by atoms with van der Waals surface area (Å²) in [7, 11) is -2.38. The van der Waals surface area contributed by atoms with Gasteiger partial charge in [0.15, 0.2) is 0 Å². The Kier molecular flexibility index (Phi) is 7.75. The number of nitrogens with zero attached hydrogens (tertiary/aromatic N) is 1. The van der Waals surface area contributed by atoms with Gasteiger partial charge in [-0.15, -0.1) is 23.5 Å². The Hall–Kier alpha value is -1.51. The fourth-order valence-corrected chi connectivity index (χ4v) is 8.10. The molecule has 1 saturated heterocycles. The Labute approximate surface area is 207 Å². The second-order valence-electron chi connectivity index (χ2n) is 9.43. The molecule has 2 aliphatic rings. The maximum atomic E-state index is 13.4. The highest BCUT2D eigenvalue weighted by molar-refractivity contribution is 8.18. The van der Waals surface area contributed by atoms with E-state index in [4.69, 9.17) is 5.73 Å². The van der Waals surface area contributed by atoms with E-state index in [2.05, 4.69) is 53.6 Å². The van der Waals surface area contributed by atoms with Gasteiger partial charge in [0.1, 0.15) is 5.25 Å². The van der Waals surface area contributed by atoms with E-state index in [1.54, 1.807) is 23.5 Å². The van der Waals surface area contributed by atoms with Crippen LogP contribution >= 0.6 is 23.5 Å². The number of carbonyl (C=O) groups is 1. The second kappa shape index (κ2) is 10.4. The molecular weight excluding hydrogens is 465 g/mol. The number of thioether (sulfide) groups is 2. The first-order chi connectivity index (χ1) is 15.8. The molecule has 7 heteroatoms. The van der Waals surface area contributed by atoms with Gasteiger partial charge in [0.2, 0.25) is 14.2 Å². The summed E-state index contributed by atoms with van der Waals surface area (Å²) in [4.78, 5) is 26.0. The number of benzene rings is 2. The van der Waals surface area contributed by atoms with Crippen LogP contribution in [-0.4, -0.2) is 53.1 Å². The highest BCUT2D eigenvalue weighted by Gasteiger charge is 2.36. The molecule has 0 aromatic heterocycles. The Morgan fingerprint density at radius 2 is 1.91 bits per heavy atom. The van der Waals surface area contributed by atoms with Gasteiger partial charge in [0.05, 0.1) is 4.58 Å². The molecule has 33 heavy (non-hydrogen) atoms. The van der Waals surface area contributed by atoms with Crippen molar-refractivity contribution in [1.82, 2.24) is 4.90 Å². The van der Waals surface area contributed by atoms with Crippen LogP contribution in [0.15, 0.2) is 54.6 Å². The molecule has 0 bridgehead atoms. The van der Waals surface area contributed by atoms with Crippen molar-refractivity contribution in [2.24, 2.45) is 5.73 Å². The van der Waals surface area contributed by atoms with Crippen molar-refractivity contribution < 1.29 is 9.59 Å². The summed E-state index contributed by atoms with van der Waals surface area (Å²) in [5, 5.41) is 0.888. The predicted molar refractivity (Wildman–Crippen MR) is 145 cm³/mol. The molecule has 2 aromatic carbocycles. The summed E-state index contributed by atoms with van der Waals surface area (Å²) in [6, 6.07) is 16.8. The lowest BCUT2D eigenvalue weighted by Gasteiger charge is -2.33. The van der Waals surface area contributed by atoms with Crippen molar-refractivity contribution in [1.29, 1.82) is 0 Å². The topological polar surface area (TPSA) is 66.6 Å². The highest BCUT2D eigenvalue weighted by atomic mass is 32.2. The van der Waals surface area contributed by atoms with E-state index in [9.17, 15) is 9.59 Å². The molecule has 0 aliphatic carbocycles. The molecule has 1 fully saturated rings. The molecule has 0 radical (unpaired) electrons. The van der Waals surface area contributed by atoms with E-state index in [1.807, 2.05) is 25.2 Å². The SMILES string of the molecule is CSC1SC(C(=O)N2CCC(c3cccc(CN)c3)CC2)C=C1c1cccc([Si](C)(C)O)c1. The van der Waals surface area contributed by atoms with Gasteiger partial charge in [-0.2, -0.15) is 0 Å². The van der Waals surface area contributed by atoms with Crippen molar-refractivity contribution in [3.05, 3.63) is 71.3 Å². The van der Waals surface area contributed by atoms with Crippen LogP contribution in [0, 0.1) is 0 Å². The lowest BCUT2D eigenvalue weighted by Crippen LogP contribution is -2.41. The van der Waals surface area contributed by atoms with Crippen LogP contribution in [0.2, 0.25) is 13.1 Å². The summed E-state index contributed by atoms with van der Waals surface area (Å²) in [5.41, 5.74) is 10.7. The monoisotopic (exact) mass is 498 g/mol. The van der Waals surface area contributed by atoms with E-state index in [0.29, 0.717) is 12.5 Å². The van der Waals surface area contributed by atoms with Crippen LogP contribution in [0.1, 0.15) is 35.4 Å². The van der Waals surface area contributed by atoms with Gasteiger partial charge < -0.3 is 15.4 Å². The lowest BCUT2D eigenvalue weighted by molar-refractivity contribution is -0.130. The molecule has 2 aromatic rings. The van der Waals surface area contributed by atoms with Crippen molar-refractivity contribution in [3.8, 4) is 0 Å². The zero-order chi connectivity index (χ0) is 23.6. The van der Waals surface area contributed by atoms with Gasteiger partial charge in [0, 0.05) is 19.6 Å². The summed E-state index contributed by atoms with van der Waals surface area (Å²) < 4.78 is 0.231. The molecule has 4 rings (SSSR count). The Balaban J connectivity index is 1.45. The van der Waals surface area contributed by atoms with Crippen LogP contribution < -0.4 is 10.9 Å². The molecule has 2 aliphatic heterocycles. The number of carbonyl (C=O) groups excluding carboxylic acids is 1. The third-order valence-corrected chi connectivity index (χ3v) is 11.1. The summed E-state index contributed by atoms with van der Waals surface area (Å²) >= 11 is 3.53. The molecule has 0 spiro atoms. The fourth-order valence-electron chi connectivity index (χ4n) is 4.70. The zero-order valence-electron chi connectivity index (χ0n) is 19.7. The predicted octanol–water partition coefficient (Wildman–Crippen LogP) is 4.14. The first-order valence-electron chi connectivity index (χ1n) is 11.6. The van der Waals surface area contributed by atoms with Crippen LogP contribution in [-0.2, 0) is 11.3 Å². The molecule has 1 amide bonds. The third-order valence-electron chi connectivity index (χ3n) is 6.68. The van der Waals surface area contributed by atoms with E-state index >= 15 is 0 Å². The first-order valence-corrected chi connectivity index (χ1v) is 16.8. The minimum absolute atomic E-state index is 0.141. The average molecular weight is 499 g/mol. The Morgan fingerprint density at radius 1 is 1.18 bits per heavy atom. The zero-order valence-corrected chi connectivity index (χ0v) is 22.3. The molecule has 176 valence electrons. The number of piperidine rings is 1. The summed E-state index contributed by atoms with van der Waals surface area (Å²) in [6.45, 7) is 6.06. The average Bonchev–Trinajstić information content (AvgIpc) is 3.28. The number of likely N-dealkylation sites (tertiary alicyclic amines) is 1. The number of nitrogens with two attached hydrogens (primary N) is 1. The van der Waals surface area contributed by atoms with Crippen molar-refractivity contribution in [3.63, 3.8) is 0 Å². The normalized spacial score (nSPS) is 21.8. The maximum absolute atomic E-state index is 13.4. The summed E-state index contributed by atoms with van der Waals surface area (Å²) in [6.07, 6.45) is 6.26. The highest BCUT2D eigenvalue weighted by Crippen LogP contribution is 2.44. The largest absolute Gasteiger partial charge is 0.428 e. The van der Waals surface area contributed by atoms with Crippen LogP contribution in [0.5, 0.6) is 0 Å².